The number of hydrogen-bond donors (Lipinski definition) is 2. The third kappa shape index (κ3) is 10.5. The zero-order chi connectivity index (χ0) is 13.4. The predicted molar refractivity (Wildman–Crippen MR) is 87.3 cm³/mol. The summed E-state index contributed by atoms with van der Waals surface area (Å²) in [6, 6.07) is 0. The Hall–Kier alpha value is 0.0700. The van der Waals surface area contributed by atoms with Crippen LogP contribution in [0.5, 0.6) is 0 Å². The van der Waals surface area contributed by atoms with Crippen LogP contribution >= 0.6 is 24.2 Å². The van der Waals surface area contributed by atoms with Crippen molar-refractivity contribution in [2.45, 2.75) is 51.2 Å². The molecular weight excluding hydrogens is 280 g/mol. The molecule has 1 fully saturated rings. The third-order valence-corrected chi connectivity index (χ3v) is 4.47. The quantitative estimate of drug-likeness (QED) is 0.741. The van der Waals surface area contributed by atoms with Gasteiger partial charge in [-0.1, -0.05) is 20.8 Å². The maximum absolute atomic E-state index is 11.7. The molecule has 0 aromatic heterocycles. The SMILES string of the molecule is CC(C)(C)SCCNC(=O)CCC1CCNCC1.Cl. The van der Waals surface area contributed by atoms with Crippen molar-refractivity contribution in [3.63, 3.8) is 0 Å². The lowest BCUT2D eigenvalue weighted by Gasteiger charge is -2.22. The van der Waals surface area contributed by atoms with Crippen LogP contribution in [0.25, 0.3) is 0 Å². The molecule has 0 unspecified atom stereocenters. The molecule has 0 aromatic rings. The number of rotatable bonds is 6. The Morgan fingerprint density at radius 2 is 1.95 bits per heavy atom. The molecule has 1 saturated heterocycles. The summed E-state index contributed by atoms with van der Waals surface area (Å²) < 4.78 is 0.291. The van der Waals surface area contributed by atoms with Crippen LogP contribution in [0, 0.1) is 5.92 Å². The average Bonchev–Trinajstić information content (AvgIpc) is 2.32. The van der Waals surface area contributed by atoms with Gasteiger partial charge >= 0.3 is 0 Å². The molecule has 5 heteroatoms. The van der Waals surface area contributed by atoms with Gasteiger partial charge in [0.1, 0.15) is 0 Å². The molecule has 2 N–H and O–H groups in total. The van der Waals surface area contributed by atoms with E-state index in [9.17, 15) is 4.79 Å². The zero-order valence-electron chi connectivity index (χ0n) is 12.5. The van der Waals surface area contributed by atoms with E-state index in [0.29, 0.717) is 11.2 Å². The smallest absolute Gasteiger partial charge is 0.220 e. The van der Waals surface area contributed by atoms with Crippen molar-refractivity contribution in [2.24, 2.45) is 5.92 Å². The summed E-state index contributed by atoms with van der Waals surface area (Å²) in [5.74, 6) is 1.98. The molecule has 0 aliphatic carbocycles. The van der Waals surface area contributed by atoms with Crippen LogP contribution in [0.2, 0.25) is 0 Å². The second-order valence-corrected chi connectivity index (χ2v) is 7.96. The van der Waals surface area contributed by atoms with Crippen LogP contribution in [0.15, 0.2) is 0 Å². The Kier molecular flexibility index (Phi) is 9.93. The van der Waals surface area contributed by atoms with Crippen LogP contribution < -0.4 is 10.6 Å². The van der Waals surface area contributed by atoms with Gasteiger partial charge in [-0.25, -0.2) is 0 Å². The summed E-state index contributed by atoms with van der Waals surface area (Å²) in [6.07, 6.45) is 4.21. The number of amides is 1. The van der Waals surface area contributed by atoms with Crippen LogP contribution in [0.3, 0.4) is 0 Å². The fraction of sp³-hybridized carbons (Fsp3) is 0.929. The fourth-order valence-electron chi connectivity index (χ4n) is 2.14. The van der Waals surface area contributed by atoms with E-state index in [2.05, 4.69) is 31.4 Å². The van der Waals surface area contributed by atoms with Gasteiger partial charge in [-0.3, -0.25) is 4.79 Å². The maximum atomic E-state index is 11.7. The fourth-order valence-corrected chi connectivity index (χ4v) is 2.96. The van der Waals surface area contributed by atoms with Crippen molar-refractivity contribution < 1.29 is 4.79 Å². The standard InChI is InChI=1S/C14H28N2OS.ClH/c1-14(2,3)18-11-10-16-13(17)5-4-12-6-8-15-9-7-12;/h12,15H,4-11H2,1-3H3,(H,16,17);1H. The molecule has 0 radical (unpaired) electrons. The number of piperidine rings is 1. The summed E-state index contributed by atoms with van der Waals surface area (Å²) in [4.78, 5) is 11.7. The second kappa shape index (κ2) is 9.89. The van der Waals surface area contributed by atoms with E-state index >= 15 is 0 Å². The molecule has 19 heavy (non-hydrogen) atoms. The molecule has 3 nitrogen and oxygen atoms in total. The summed E-state index contributed by atoms with van der Waals surface area (Å²) in [5, 5.41) is 6.37. The molecule has 1 heterocycles. The number of hydrogen-bond acceptors (Lipinski definition) is 3. The van der Waals surface area contributed by atoms with Crippen molar-refractivity contribution >= 4 is 30.1 Å². The summed E-state index contributed by atoms with van der Waals surface area (Å²) >= 11 is 1.90. The molecule has 0 aromatic carbocycles. The van der Waals surface area contributed by atoms with Gasteiger partial charge in [0, 0.05) is 23.5 Å². The molecule has 0 atom stereocenters. The van der Waals surface area contributed by atoms with Crippen molar-refractivity contribution in [1.29, 1.82) is 0 Å². The minimum absolute atomic E-state index is 0. The number of halogens is 1. The van der Waals surface area contributed by atoms with E-state index < -0.39 is 0 Å². The van der Waals surface area contributed by atoms with Gasteiger partial charge < -0.3 is 10.6 Å². The summed E-state index contributed by atoms with van der Waals surface area (Å²) in [7, 11) is 0. The van der Waals surface area contributed by atoms with E-state index in [-0.39, 0.29) is 18.3 Å². The van der Waals surface area contributed by atoms with E-state index in [1.165, 1.54) is 12.8 Å². The molecule has 114 valence electrons. The van der Waals surface area contributed by atoms with E-state index in [1.54, 1.807) is 0 Å². The van der Waals surface area contributed by atoms with Gasteiger partial charge in [0.2, 0.25) is 5.91 Å². The highest BCUT2D eigenvalue weighted by Crippen LogP contribution is 2.22. The van der Waals surface area contributed by atoms with Gasteiger partial charge in [-0.15, -0.1) is 12.4 Å². The largest absolute Gasteiger partial charge is 0.355 e. The van der Waals surface area contributed by atoms with Gasteiger partial charge in [0.15, 0.2) is 0 Å². The molecule has 1 aliphatic rings. The number of carbonyl (C=O) groups excluding carboxylic acids is 1. The Morgan fingerprint density at radius 3 is 2.53 bits per heavy atom. The Balaban J connectivity index is 0.00000324. The molecule has 0 spiro atoms. The number of nitrogens with one attached hydrogen (secondary N) is 2. The van der Waals surface area contributed by atoms with Crippen LogP contribution in [-0.2, 0) is 4.79 Å². The highest BCUT2D eigenvalue weighted by molar-refractivity contribution is 8.00. The highest BCUT2D eigenvalue weighted by Gasteiger charge is 2.14. The first-order chi connectivity index (χ1) is 8.47. The van der Waals surface area contributed by atoms with Crippen LogP contribution in [0.1, 0.15) is 46.5 Å². The normalized spacial score (nSPS) is 16.8. The molecule has 1 rings (SSSR count). The first-order valence-corrected chi connectivity index (χ1v) is 8.07. The maximum Gasteiger partial charge on any atom is 0.220 e. The lowest BCUT2D eigenvalue weighted by Crippen LogP contribution is -2.30. The molecule has 1 aliphatic heterocycles. The van der Waals surface area contributed by atoms with Crippen molar-refractivity contribution in [1.82, 2.24) is 10.6 Å². The monoisotopic (exact) mass is 308 g/mol. The highest BCUT2D eigenvalue weighted by atomic mass is 35.5. The van der Waals surface area contributed by atoms with Gasteiger partial charge in [0.05, 0.1) is 0 Å². The lowest BCUT2D eigenvalue weighted by atomic mass is 9.93. The molecule has 1 amide bonds. The molecule has 0 saturated carbocycles. The van der Waals surface area contributed by atoms with Crippen molar-refractivity contribution in [2.75, 3.05) is 25.4 Å². The summed E-state index contributed by atoms with van der Waals surface area (Å²) in [6.45, 7) is 9.65. The minimum atomic E-state index is 0. The number of carbonyl (C=O) groups is 1. The lowest BCUT2D eigenvalue weighted by molar-refractivity contribution is -0.121. The van der Waals surface area contributed by atoms with Crippen molar-refractivity contribution in [3.05, 3.63) is 0 Å². The molecule has 0 bridgehead atoms. The second-order valence-electron chi connectivity index (χ2n) is 6.04. The summed E-state index contributed by atoms with van der Waals surface area (Å²) in [5.41, 5.74) is 0. The van der Waals surface area contributed by atoms with Gasteiger partial charge in [0.25, 0.3) is 0 Å². The predicted octanol–water partition coefficient (Wildman–Crippen LogP) is 2.84. The average molecular weight is 309 g/mol. The van der Waals surface area contributed by atoms with Gasteiger partial charge in [-0.05, 0) is 38.3 Å². The topological polar surface area (TPSA) is 41.1 Å². The Bertz CT molecular complexity index is 250. The Morgan fingerprint density at radius 1 is 1.32 bits per heavy atom. The first kappa shape index (κ1) is 19.1. The van der Waals surface area contributed by atoms with Gasteiger partial charge in [-0.2, -0.15) is 11.8 Å². The minimum Gasteiger partial charge on any atom is -0.355 e. The number of thioether (sulfide) groups is 1. The third-order valence-electron chi connectivity index (χ3n) is 3.20. The van der Waals surface area contributed by atoms with Crippen molar-refractivity contribution in [3.8, 4) is 0 Å². The van der Waals surface area contributed by atoms with E-state index in [0.717, 1.165) is 37.7 Å². The van der Waals surface area contributed by atoms with Crippen LogP contribution in [0.4, 0.5) is 0 Å². The van der Waals surface area contributed by atoms with E-state index in [1.807, 2.05) is 11.8 Å². The van der Waals surface area contributed by atoms with E-state index in [4.69, 9.17) is 0 Å². The first-order valence-electron chi connectivity index (χ1n) is 7.09. The van der Waals surface area contributed by atoms with Crippen LogP contribution in [-0.4, -0.2) is 36.0 Å². The molecular formula is C14H29ClN2OS. The Labute approximate surface area is 128 Å². The zero-order valence-corrected chi connectivity index (χ0v) is 14.1.